The Kier molecular flexibility index (Phi) is 27.0. The van der Waals surface area contributed by atoms with E-state index in [-0.39, 0.29) is 31.2 Å². The van der Waals surface area contributed by atoms with Crippen LogP contribution < -0.4 is 0 Å². The molecule has 6 unspecified atom stereocenters. The highest BCUT2D eigenvalue weighted by Crippen LogP contribution is 2.48. The van der Waals surface area contributed by atoms with E-state index in [1.165, 1.54) is 154 Å². The van der Waals surface area contributed by atoms with Gasteiger partial charge in [0.1, 0.15) is 25.4 Å². The predicted octanol–water partition coefficient (Wildman–Crippen LogP) is 15.1. The Morgan fingerprint density at radius 2 is 0.824 bits per heavy atom. The van der Waals surface area contributed by atoms with E-state index < -0.39 is 17.9 Å². The zero-order valence-electron chi connectivity index (χ0n) is 42.5. The average molecular weight is 943 g/mol. The third-order valence-electron chi connectivity index (χ3n) is 15.0. The molecule has 0 bridgehead atoms. The standard InChI is InChI=1S/C59H90O9/c1-3-5-7-14-20-28-46-37-38-47(29-21-15-8-6-4-2)55(35-23-17-12-13-19-25-39-64-57(61)50-32-27-33-51(41-50)59(63)68-45-53-43-66-53)54(46)34-22-16-10-9-11-18-24-36-56(60)48-30-26-31-49(40-48)58(62)67-44-52-42-65-52/h26-27,30-33,40-41,46-47,52-55H,3-25,28-29,34-39,42-45H2,1-2H3. The second kappa shape index (κ2) is 33.1. The maximum absolute atomic E-state index is 13.0. The molecule has 0 amide bonds. The molecule has 380 valence electrons. The van der Waals surface area contributed by atoms with Crippen molar-refractivity contribution in [3.05, 3.63) is 70.8 Å². The van der Waals surface area contributed by atoms with Crippen LogP contribution in [-0.2, 0) is 23.7 Å². The minimum Gasteiger partial charge on any atom is -0.462 e. The van der Waals surface area contributed by atoms with Crippen molar-refractivity contribution in [2.24, 2.45) is 23.7 Å². The van der Waals surface area contributed by atoms with Crippen LogP contribution >= 0.6 is 0 Å². The van der Waals surface area contributed by atoms with Gasteiger partial charge in [-0.3, -0.25) is 4.79 Å². The highest BCUT2D eigenvalue weighted by Gasteiger charge is 2.38. The summed E-state index contributed by atoms with van der Waals surface area (Å²) in [5.74, 6) is 2.37. The van der Waals surface area contributed by atoms with Crippen LogP contribution in [0.25, 0.3) is 0 Å². The monoisotopic (exact) mass is 943 g/mol. The van der Waals surface area contributed by atoms with Crippen LogP contribution in [0.1, 0.15) is 248 Å². The molecule has 2 saturated heterocycles. The first kappa shape index (κ1) is 55.4. The fraction of sp³-hybridized carbons (Fsp3) is 0.729. The van der Waals surface area contributed by atoms with E-state index in [1.807, 2.05) is 0 Å². The summed E-state index contributed by atoms with van der Waals surface area (Å²) in [4.78, 5) is 50.5. The third-order valence-corrected chi connectivity index (χ3v) is 15.0. The quantitative estimate of drug-likeness (QED) is 0.0212. The Morgan fingerprint density at radius 1 is 0.456 bits per heavy atom. The molecule has 2 aromatic carbocycles. The molecule has 0 radical (unpaired) electrons. The van der Waals surface area contributed by atoms with Crippen molar-refractivity contribution in [2.45, 2.75) is 219 Å². The van der Waals surface area contributed by atoms with Gasteiger partial charge < -0.3 is 23.7 Å². The lowest BCUT2D eigenvalue weighted by Crippen LogP contribution is -2.35. The molecular formula is C59H90O9. The number of unbranched alkanes of at least 4 members (excludes halogenated alkanes) is 19. The van der Waals surface area contributed by atoms with E-state index in [0.717, 1.165) is 55.8 Å². The van der Waals surface area contributed by atoms with Gasteiger partial charge in [-0.05, 0) is 92.5 Å². The van der Waals surface area contributed by atoms with Crippen molar-refractivity contribution < 1.29 is 42.9 Å². The Balaban J connectivity index is 1.01. The topological polar surface area (TPSA) is 121 Å². The lowest BCUT2D eigenvalue weighted by Gasteiger charge is -2.44. The van der Waals surface area contributed by atoms with Crippen LogP contribution in [0.2, 0.25) is 0 Å². The van der Waals surface area contributed by atoms with Crippen LogP contribution in [0.3, 0.4) is 0 Å². The summed E-state index contributed by atoms with van der Waals surface area (Å²) in [6, 6.07) is 13.5. The molecule has 9 nitrogen and oxygen atoms in total. The Bertz CT molecular complexity index is 1610. The lowest BCUT2D eigenvalue weighted by atomic mass is 9.61. The van der Waals surface area contributed by atoms with Crippen LogP contribution in [0, 0.1) is 23.7 Å². The summed E-state index contributed by atoms with van der Waals surface area (Å²) in [6.07, 6.45) is 38.0. The maximum Gasteiger partial charge on any atom is 0.338 e. The first-order chi connectivity index (χ1) is 33.4. The number of carbonyl (C=O) groups is 4. The number of epoxide rings is 2. The molecule has 3 fully saturated rings. The number of ketones is 1. The second-order valence-electron chi connectivity index (χ2n) is 20.6. The number of esters is 3. The maximum atomic E-state index is 13.0. The molecule has 0 aromatic heterocycles. The van der Waals surface area contributed by atoms with Crippen LogP contribution in [-0.4, -0.2) is 68.9 Å². The van der Waals surface area contributed by atoms with E-state index in [0.29, 0.717) is 48.5 Å². The van der Waals surface area contributed by atoms with Gasteiger partial charge in [-0.2, -0.15) is 0 Å². The SMILES string of the molecule is CCCCCCCC1CCC(CCCCCCC)C(CCCCCCCCOC(=O)c2cccc(C(=O)OCC3CO3)c2)C1CCCCCCCCCC(=O)c1cccc(C(=O)OCC2CO2)c1. The zero-order valence-corrected chi connectivity index (χ0v) is 42.5. The van der Waals surface area contributed by atoms with Gasteiger partial charge in [-0.1, -0.05) is 180 Å². The highest BCUT2D eigenvalue weighted by atomic mass is 16.6. The molecule has 68 heavy (non-hydrogen) atoms. The van der Waals surface area contributed by atoms with Gasteiger partial charge in [0.2, 0.25) is 0 Å². The minimum absolute atomic E-state index is 0.000770. The smallest absolute Gasteiger partial charge is 0.338 e. The fourth-order valence-electron chi connectivity index (χ4n) is 10.7. The normalized spacial score (nSPS) is 20.7. The Morgan fingerprint density at radius 3 is 1.28 bits per heavy atom. The number of benzene rings is 2. The fourth-order valence-corrected chi connectivity index (χ4v) is 10.7. The van der Waals surface area contributed by atoms with Gasteiger partial charge >= 0.3 is 17.9 Å². The van der Waals surface area contributed by atoms with E-state index in [2.05, 4.69) is 13.8 Å². The molecule has 0 spiro atoms. The van der Waals surface area contributed by atoms with E-state index >= 15 is 0 Å². The van der Waals surface area contributed by atoms with Crippen LogP contribution in [0.4, 0.5) is 0 Å². The molecule has 0 N–H and O–H groups in total. The summed E-state index contributed by atoms with van der Waals surface area (Å²) < 4.78 is 26.4. The number of ether oxygens (including phenoxy) is 5. The Hall–Kier alpha value is -3.56. The molecule has 6 atom stereocenters. The molecule has 1 aliphatic carbocycles. The van der Waals surface area contributed by atoms with Gasteiger partial charge in [-0.25, -0.2) is 14.4 Å². The first-order valence-corrected chi connectivity index (χ1v) is 27.8. The van der Waals surface area contributed by atoms with Gasteiger partial charge in [0, 0.05) is 12.0 Å². The van der Waals surface area contributed by atoms with Crippen LogP contribution in [0.5, 0.6) is 0 Å². The summed E-state index contributed by atoms with van der Waals surface area (Å²) in [5.41, 5.74) is 1.75. The van der Waals surface area contributed by atoms with E-state index in [9.17, 15) is 19.2 Å². The summed E-state index contributed by atoms with van der Waals surface area (Å²) in [5, 5.41) is 0. The number of hydrogen-bond acceptors (Lipinski definition) is 9. The Labute approximate surface area is 411 Å². The molecule has 5 rings (SSSR count). The van der Waals surface area contributed by atoms with E-state index in [1.54, 1.807) is 48.5 Å². The van der Waals surface area contributed by atoms with Gasteiger partial charge in [0.05, 0.1) is 36.5 Å². The van der Waals surface area contributed by atoms with Crippen molar-refractivity contribution in [1.82, 2.24) is 0 Å². The number of Topliss-reactive ketones (excluding diaryl/α,β-unsaturated/α-hetero) is 1. The van der Waals surface area contributed by atoms with Gasteiger partial charge in [0.15, 0.2) is 5.78 Å². The van der Waals surface area contributed by atoms with Crippen molar-refractivity contribution in [3.63, 3.8) is 0 Å². The molecular weight excluding hydrogens is 853 g/mol. The molecule has 2 heterocycles. The van der Waals surface area contributed by atoms with E-state index in [4.69, 9.17) is 23.7 Å². The highest BCUT2D eigenvalue weighted by molar-refractivity contribution is 5.99. The molecule has 3 aliphatic rings. The number of rotatable bonds is 39. The van der Waals surface area contributed by atoms with Crippen molar-refractivity contribution in [3.8, 4) is 0 Å². The summed E-state index contributed by atoms with van der Waals surface area (Å²) in [6.45, 7) is 6.80. The van der Waals surface area contributed by atoms with Crippen molar-refractivity contribution >= 4 is 23.7 Å². The summed E-state index contributed by atoms with van der Waals surface area (Å²) >= 11 is 0. The lowest BCUT2D eigenvalue weighted by molar-refractivity contribution is 0.0466. The summed E-state index contributed by atoms with van der Waals surface area (Å²) in [7, 11) is 0. The second-order valence-corrected chi connectivity index (χ2v) is 20.6. The molecule has 1 saturated carbocycles. The van der Waals surface area contributed by atoms with Gasteiger partial charge in [-0.15, -0.1) is 0 Å². The average Bonchev–Trinajstić information content (AvgIpc) is 4.31. The molecule has 2 aliphatic heterocycles. The van der Waals surface area contributed by atoms with Crippen LogP contribution in [0.15, 0.2) is 48.5 Å². The van der Waals surface area contributed by atoms with Crippen molar-refractivity contribution in [1.29, 1.82) is 0 Å². The minimum atomic E-state index is -0.449. The molecule has 9 heteroatoms. The first-order valence-electron chi connectivity index (χ1n) is 27.8. The zero-order chi connectivity index (χ0) is 48.0. The largest absolute Gasteiger partial charge is 0.462 e. The third kappa shape index (κ3) is 22.0. The molecule has 2 aromatic rings. The van der Waals surface area contributed by atoms with Crippen molar-refractivity contribution in [2.75, 3.05) is 33.0 Å². The number of carbonyl (C=O) groups excluding carboxylic acids is 4. The number of hydrogen-bond donors (Lipinski definition) is 0. The predicted molar refractivity (Wildman–Crippen MR) is 271 cm³/mol. The van der Waals surface area contributed by atoms with Gasteiger partial charge in [0.25, 0.3) is 0 Å².